The highest BCUT2D eigenvalue weighted by molar-refractivity contribution is 5.68. The molecule has 0 atom stereocenters. The molecule has 4 heteroatoms. The van der Waals surface area contributed by atoms with E-state index in [1.54, 1.807) is 0 Å². The van der Waals surface area contributed by atoms with E-state index in [4.69, 9.17) is 10.5 Å². The fraction of sp³-hybridized carbons (Fsp3) is 0.900. The number of hydrogen-bond acceptors (Lipinski definition) is 3. The van der Waals surface area contributed by atoms with Crippen molar-refractivity contribution in [1.29, 1.82) is 0 Å². The van der Waals surface area contributed by atoms with Gasteiger partial charge in [-0.2, -0.15) is 0 Å². The number of likely N-dealkylation sites (tertiary alicyclic amines) is 1. The highest BCUT2D eigenvalue weighted by atomic mass is 16.6. The van der Waals surface area contributed by atoms with Crippen LogP contribution in [0.4, 0.5) is 4.79 Å². The Morgan fingerprint density at radius 2 is 1.86 bits per heavy atom. The lowest BCUT2D eigenvalue weighted by molar-refractivity contribution is 0.0151. The average molecular weight is 198 g/mol. The zero-order valence-corrected chi connectivity index (χ0v) is 8.45. The van der Waals surface area contributed by atoms with Gasteiger partial charge in [0.1, 0.15) is 6.10 Å². The number of carbonyl (C=O) groups excluding carboxylic acids is 1. The van der Waals surface area contributed by atoms with Crippen LogP contribution in [-0.4, -0.2) is 36.2 Å². The molecular weight excluding hydrogens is 180 g/mol. The molecule has 1 aliphatic carbocycles. The van der Waals surface area contributed by atoms with Crippen molar-refractivity contribution in [3.63, 3.8) is 0 Å². The van der Waals surface area contributed by atoms with E-state index in [1.165, 1.54) is 6.42 Å². The lowest BCUT2D eigenvalue weighted by Crippen LogP contribution is -2.46. The molecule has 80 valence electrons. The maximum Gasteiger partial charge on any atom is 0.410 e. The molecule has 2 N–H and O–H groups in total. The van der Waals surface area contributed by atoms with Gasteiger partial charge in [0.15, 0.2) is 0 Å². The molecule has 0 spiro atoms. The number of hydrogen-bond donors (Lipinski definition) is 1. The first kappa shape index (κ1) is 9.77. The molecule has 1 amide bonds. The van der Waals surface area contributed by atoms with Crippen LogP contribution in [-0.2, 0) is 4.74 Å². The summed E-state index contributed by atoms with van der Waals surface area (Å²) in [5.41, 5.74) is 5.62. The second-order valence-electron chi connectivity index (χ2n) is 4.28. The topological polar surface area (TPSA) is 55.6 Å². The van der Waals surface area contributed by atoms with E-state index >= 15 is 0 Å². The second kappa shape index (κ2) is 4.17. The summed E-state index contributed by atoms with van der Waals surface area (Å²) in [5, 5.41) is 0. The van der Waals surface area contributed by atoms with Crippen LogP contribution in [0, 0.1) is 0 Å². The quantitative estimate of drug-likeness (QED) is 0.686. The fourth-order valence-electron chi connectivity index (χ4n) is 2.00. The Hall–Kier alpha value is -0.770. The van der Waals surface area contributed by atoms with Crippen molar-refractivity contribution in [3.05, 3.63) is 0 Å². The molecule has 14 heavy (non-hydrogen) atoms. The van der Waals surface area contributed by atoms with Crippen LogP contribution in [0.3, 0.4) is 0 Å². The van der Waals surface area contributed by atoms with Crippen LogP contribution >= 0.6 is 0 Å². The minimum atomic E-state index is -0.137. The molecule has 1 heterocycles. The summed E-state index contributed by atoms with van der Waals surface area (Å²) in [6.45, 7) is 1.72. The van der Waals surface area contributed by atoms with Crippen molar-refractivity contribution in [3.8, 4) is 0 Å². The van der Waals surface area contributed by atoms with Gasteiger partial charge in [-0.15, -0.1) is 0 Å². The predicted molar refractivity (Wildman–Crippen MR) is 52.9 cm³/mol. The predicted octanol–water partition coefficient (Wildman–Crippen LogP) is 1.10. The monoisotopic (exact) mass is 198 g/mol. The van der Waals surface area contributed by atoms with Crippen LogP contribution in [0.2, 0.25) is 0 Å². The number of nitrogens with zero attached hydrogens (tertiary/aromatic N) is 1. The van der Waals surface area contributed by atoms with Gasteiger partial charge in [-0.05, 0) is 32.1 Å². The van der Waals surface area contributed by atoms with Crippen LogP contribution in [0.5, 0.6) is 0 Å². The first-order valence-corrected chi connectivity index (χ1v) is 5.47. The summed E-state index contributed by atoms with van der Waals surface area (Å²) in [4.78, 5) is 13.4. The van der Waals surface area contributed by atoms with Crippen molar-refractivity contribution in [2.75, 3.05) is 13.1 Å². The maximum absolute atomic E-state index is 11.6. The van der Waals surface area contributed by atoms with E-state index in [1.807, 2.05) is 4.90 Å². The van der Waals surface area contributed by atoms with Crippen LogP contribution < -0.4 is 5.73 Å². The standard InChI is InChI=1S/C10H18N2O2/c11-8-6-9(7-8)14-10(13)12-4-2-1-3-5-12/h8-9H,1-7,11H2. The van der Waals surface area contributed by atoms with Gasteiger partial charge >= 0.3 is 6.09 Å². The first-order valence-electron chi connectivity index (χ1n) is 5.47. The smallest absolute Gasteiger partial charge is 0.410 e. The highest BCUT2D eigenvalue weighted by Gasteiger charge is 2.31. The van der Waals surface area contributed by atoms with Crippen LogP contribution in [0.25, 0.3) is 0 Å². The lowest BCUT2D eigenvalue weighted by atomic mass is 9.90. The number of ether oxygens (including phenoxy) is 1. The molecule has 2 fully saturated rings. The van der Waals surface area contributed by atoms with Gasteiger partial charge in [-0.1, -0.05) is 0 Å². The Morgan fingerprint density at radius 3 is 2.43 bits per heavy atom. The first-order chi connectivity index (χ1) is 6.75. The van der Waals surface area contributed by atoms with Gasteiger partial charge < -0.3 is 15.4 Å². The third-order valence-corrected chi connectivity index (χ3v) is 3.01. The normalized spacial score (nSPS) is 32.2. The molecule has 0 unspecified atom stereocenters. The summed E-state index contributed by atoms with van der Waals surface area (Å²) < 4.78 is 5.30. The van der Waals surface area contributed by atoms with E-state index in [0.717, 1.165) is 38.8 Å². The van der Waals surface area contributed by atoms with Gasteiger partial charge in [0.05, 0.1) is 0 Å². The lowest BCUT2D eigenvalue weighted by Gasteiger charge is -2.34. The molecule has 4 nitrogen and oxygen atoms in total. The number of amides is 1. The number of piperidine rings is 1. The van der Waals surface area contributed by atoms with Gasteiger partial charge in [-0.3, -0.25) is 0 Å². The number of carbonyl (C=O) groups is 1. The molecule has 1 saturated heterocycles. The Kier molecular flexibility index (Phi) is 2.91. The van der Waals surface area contributed by atoms with E-state index in [9.17, 15) is 4.79 Å². The Balaban J connectivity index is 1.71. The third kappa shape index (κ3) is 2.18. The van der Waals surface area contributed by atoms with Gasteiger partial charge in [0.2, 0.25) is 0 Å². The summed E-state index contributed by atoms with van der Waals surface area (Å²) in [7, 11) is 0. The van der Waals surface area contributed by atoms with E-state index < -0.39 is 0 Å². The van der Waals surface area contributed by atoms with Gasteiger partial charge in [0.25, 0.3) is 0 Å². The fourth-order valence-corrected chi connectivity index (χ4v) is 2.00. The zero-order valence-electron chi connectivity index (χ0n) is 8.45. The van der Waals surface area contributed by atoms with Crippen molar-refractivity contribution in [2.24, 2.45) is 5.73 Å². The van der Waals surface area contributed by atoms with Crippen LogP contribution in [0.1, 0.15) is 32.1 Å². The molecule has 2 rings (SSSR count). The van der Waals surface area contributed by atoms with Crippen molar-refractivity contribution in [2.45, 2.75) is 44.2 Å². The Bertz CT molecular complexity index is 208. The maximum atomic E-state index is 11.6. The van der Waals surface area contributed by atoms with Crippen molar-refractivity contribution in [1.82, 2.24) is 4.90 Å². The molecule has 1 saturated carbocycles. The molecule has 0 bridgehead atoms. The molecule has 1 aliphatic heterocycles. The molecule has 0 aromatic rings. The SMILES string of the molecule is NC1CC(OC(=O)N2CCCCC2)C1. The van der Waals surface area contributed by atoms with Gasteiger partial charge in [-0.25, -0.2) is 4.79 Å². The number of rotatable bonds is 1. The number of nitrogens with two attached hydrogens (primary N) is 1. The molecule has 0 radical (unpaired) electrons. The van der Waals surface area contributed by atoms with E-state index in [-0.39, 0.29) is 18.2 Å². The van der Waals surface area contributed by atoms with E-state index in [2.05, 4.69) is 0 Å². The zero-order chi connectivity index (χ0) is 9.97. The minimum Gasteiger partial charge on any atom is -0.446 e. The molecule has 0 aromatic carbocycles. The van der Waals surface area contributed by atoms with E-state index in [0.29, 0.717) is 0 Å². The Morgan fingerprint density at radius 1 is 1.21 bits per heavy atom. The summed E-state index contributed by atoms with van der Waals surface area (Å²) in [5.74, 6) is 0. The highest BCUT2D eigenvalue weighted by Crippen LogP contribution is 2.22. The van der Waals surface area contributed by atoms with Crippen LogP contribution in [0.15, 0.2) is 0 Å². The van der Waals surface area contributed by atoms with Crippen molar-refractivity contribution >= 4 is 6.09 Å². The second-order valence-corrected chi connectivity index (χ2v) is 4.28. The summed E-state index contributed by atoms with van der Waals surface area (Å²) >= 11 is 0. The van der Waals surface area contributed by atoms with Gasteiger partial charge in [0, 0.05) is 19.1 Å². The molecule has 2 aliphatic rings. The largest absolute Gasteiger partial charge is 0.446 e. The Labute approximate surface area is 84.4 Å². The molecule has 0 aromatic heterocycles. The summed E-state index contributed by atoms with van der Waals surface area (Å²) in [6.07, 6.45) is 5.07. The molecular formula is C10H18N2O2. The summed E-state index contributed by atoms with van der Waals surface area (Å²) in [6, 6.07) is 0.245. The minimum absolute atomic E-state index is 0.0828. The third-order valence-electron chi connectivity index (χ3n) is 3.01. The van der Waals surface area contributed by atoms with Crippen molar-refractivity contribution < 1.29 is 9.53 Å². The average Bonchev–Trinajstić information content (AvgIpc) is 2.17.